The van der Waals surface area contributed by atoms with Gasteiger partial charge in [-0.1, -0.05) is 24.3 Å². The molecule has 1 atom stereocenters. The van der Waals surface area contributed by atoms with E-state index in [2.05, 4.69) is 19.1 Å². The summed E-state index contributed by atoms with van der Waals surface area (Å²) in [4.78, 5) is 28.4. The minimum Gasteiger partial charge on any atom is -0.370 e. The lowest BCUT2D eigenvalue weighted by Gasteiger charge is -2.40. The third kappa shape index (κ3) is 3.87. The second-order valence-corrected chi connectivity index (χ2v) is 8.18. The third-order valence-electron chi connectivity index (χ3n) is 5.18. The summed E-state index contributed by atoms with van der Waals surface area (Å²) in [6.45, 7) is 10.5. The van der Waals surface area contributed by atoms with E-state index in [9.17, 15) is 9.59 Å². The maximum absolute atomic E-state index is 12.6. The molecule has 25 heavy (non-hydrogen) atoms. The first-order valence-corrected chi connectivity index (χ1v) is 9.01. The van der Waals surface area contributed by atoms with Gasteiger partial charge in [-0.2, -0.15) is 0 Å². The lowest BCUT2D eigenvalue weighted by molar-refractivity contribution is -0.150. The van der Waals surface area contributed by atoms with Gasteiger partial charge < -0.3 is 14.5 Å². The number of likely N-dealkylation sites (tertiary alicyclic amines) is 2. The largest absolute Gasteiger partial charge is 0.370 e. The van der Waals surface area contributed by atoms with Gasteiger partial charge in [-0.15, -0.1) is 0 Å². The minimum absolute atomic E-state index is 0.0822. The summed E-state index contributed by atoms with van der Waals surface area (Å²) in [5, 5.41) is 0. The SMILES string of the molecule is Cc1ccccc1COC1CN(C(=O)[C@H]2CC(=O)N(C(C)(C)C)C2)C1. The van der Waals surface area contributed by atoms with Crippen LogP contribution in [0.3, 0.4) is 0 Å². The molecule has 0 unspecified atom stereocenters. The van der Waals surface area contributed by atoms with Gasteiger partial charge in [-0.25, -0.2) is 0 Å². The van der Waals surface area contributed by atoms with Crippen LogP contribution in [-0.2, 0) is 20.9 Å². The summed E-state index contributed by atoms with van der Waals surface area (Å²) in [7, 11) is 0. The number of ether oxygens (including phenoxy) is 1. The Morgan fingerprint density at radius 2 is 1.88 bits per heavy atom. The van der Waals surface area contributed by atoms with Crippen molar-refractivity contribution in [3.8, 4) is 0 Å². The van der Waals surface area contributed by atoms with E-state index in [0.29, 0.717) is 32.7 Å². The number of amides is 2. The number of benzene rings is 1. The summed E-state index contributed by atoms with van der Waals surface area (Å²) in [5.41, 5.74) is 2.19. The van der Waals surface area contributed by atoms with E-state index in [1.807, 2.05) is 42.7 Å². The molecule has 2 heterocycles. The fourth-order valence-corrected chi connectivity index (χ4v) is 3.48. The fraction of sp³-hybridized carbons (Fsp3) is 0.600. The normalized spacial score (nSPS) is 21.6. The van der Waals surface area contributed by atoms with Gasteiger partial charge in [0.1, 0.15) is 0 Å². The van der Waals surface area contributed by atoms with Crippen LogP contribution in [0, 0.1) is 12.8 Å². The lowest BCUT2D eigenvalue weighted by Crippen LogP contribution is -2.56. The molecule has 0 aliphatic carbocycles. The van der Waals surface area contributed by atoms with Crippen molar-refractivity contribution in [2.24, 2.45) is 5.92 Å². The van der Waals surface area contributed by atoms with Crippen LogP contribution in [0.1, 0.15) is 38.3 Å². The van der Waals surface area contributed by atoms with Crippen LogP contribution in [0.2, 0.25) is 0 Å². The average Bonchev–Trinajstić information content (AvgIpc) is 2.89. The molecule has 2 aliphatic heterocycles. The number of carbonyl (C=O) groups is 2. The van der Waals surface area contributed by atoms with Crippen LogP contribution in [-0.4, -0.2) is 52.9 Å². The fourth-order valence-electron chi connectivity index (χ4n) is 3.48. The van der Waals surface area contributed by atoms with Crippen molar-refractivity contribution in [3.05, 3.63) is 35.4 Å². The molecule has 0 N–H and O–H groups in total. The van der Waals surface area contributed by atoms with E-state index in [1.54, 1.807) is 0 Å². The highest BCUT2D eigenvalue weighted by Crippen LogP contribution is 2.28. The molecule has 2 aliphatic rings. The molecule has 2 saturated heterocycles. The van der Waals surface area contributed by atoms with Crippen molar-refractivity contribution in [1.29, 1.82) is 0 Å². The molecule has 0 bridgehead atoms. The van der Waals surface area contributed by atoms with Gasteiger partial charge in [0, 0.05) is 31.6 Å². The predicted molar refractivity (Wildman–Crippen MR) is 95.9 cm³/mol. The zero-order valence-electron chi connectivity index (χ0n) is 15.6. The van der Waals surface area contributed by atoms with Crippen molar-refractivity contribution in [2.75, 3.05) is 19.6 Å². The second kappa shape index (κ2) is 6.79. The number of carbonyl (C=O) groups excluding carboxylic acids is 2. The van der Waals surface area contributed by atoms with E-state index in [0.717, 1.165) is 0 Å². The number of nitrogens with zero attached hydrogens (tertiary/aromatic N) is 2. The van der Waals surface area contributed by atoms with Crippen molar-refractivity contribution >= 4 is 11.8 Å². The predicted octanol–water partition coefficient (Wildman–Crippen LogP) is 2.37. The Bertz CT molecular complexity index is 659. The van der Waals surface area contributed by atoms with Crippen LogP contribution < -0.4 is 0 Å². The van der Waals surface area contributed by atoms with Gasteiger partial charge >= 0.3 is 0 Å². The molecule has 3 rings (SSSR count). The van der Waals surface area contributed by atoms with Crippen LogP contribution in [0.15, 0.2) is 24.3 Å². The number of hydrogen-bond donors (Lipinski definition) is 0. The standard InChI is InChI=1S/C20H28N2O3/c1-14-7-5-6-8-15(14)13-25-17-11-21(12-17)19(24)16-9-18(23)22(10-16)20(2,3)4/h5-8,16-17H,9-13H2,1-4H3/t16-/m0/s1. The van der Waals surface area contributed by atoms with Gasteiger partial charge in [0.25, 0.3) is 0 Å². The van der Waals surface area contributed by atoms with Crippen molar-refractivity contribution in [3.63, 3.8) is 0 Å². The zero-order valence-corrected chi connectivity index (χ0v) is 15.6. The molecular formula is C20H28N2O3. The Hall–Kier alpha value is -1.88. The highest BCUT2D eigenvalue weighted by atomic mass is 16.5. The minimum atomic E-state index is -0.222. The van der Waals surface area contributed by atoms with Crippen LogP contribution in [0.4, 0.5) is 0 Å². The van der Waals surface area contributed by atoms with Crippen LogP contribution >= 0.6 is 0 Å². The molecule has 0 spiro atoms. The first-order chi connectivity index (χ1) is 11.8. The van der Waals surface area contributed by atoms with Gasteiger partial charge in [-0.3, -0.25) is 9.59 Å². The third-order valence-corrected chi connectivity index (χ3v) is 5.18. The van der Waals surface area contributed by atoms with E-state index in [4.69, 9.17) is 4.74 Å². The molecule has 0 aromatic heterocycles. The van der Waals surface area contributed by atoms with Gasteiger partial charge in [0.05, 0.1) is 18.6 Å². The maximum Gasteiger partial charge on any atom is 0.228 e. The molecule has 5 nitrogen and oxygen atoms in total. The first-order valence-electron chi connectivity index (χ1n) is 9.01. The summed E-state index contributed by atoms with van der Waals surface area (Å²) >= 11 is 0. The van der Waals surface area contributed by atoms with Gasteiger partial charge in [0.15, 0.2) is 0 Å². The molecule has 2 fully saturated rings. The zero-order chi connectivity index (χ0) is 18.2. The Balaban J connectivity index is 1.46. The van der Waals surface area contributed by atoms with E-state index >= 15 is 0 Å². The average molecular weight is 344 g/mol. The second-order valence-electron chi connectivity index (χ2n) is 8.18. The summed E-state index contributed by atoms with van der Waals surface area (Å²) in [5.74, 6) is -0.0291. The molecular weight excluding hydrogens is 316 g/mol. The topological polar surface area (TPSA) is 49.9 Å². The molecule has 0 saturated carbocycles. The Labute approximate surface area is 149 Å². The molecule has 136 valence electrons. The van der Waals surface area contributed by atoms with Crippen molar-refractivity contribution in [1.82, 2.24) is 9.80 Å². The van der Waals surface area contributed by atoms with Gasteiger partial charge in [0.2, 0.25) is 11.8 Å². The van der Waals surface area contributed by atoms with E-state index in [1.165, 1.54) is 11.1 Å². The molecule has 1 aromatic rings. The quantitative estimate of drug-likeness (QED) is 0.843. The molecule has 5 heteroatoms. The number of hydrogen-bond acceptors (Lipinski definition) is 3. The Kier molecular flexibility index (Phi) is 4.87. The first kappa shape index (κ1) is 17.9. The van der Waals surface area contributed by atoms with Crippen molar-refractivity contribution in [2.45, 2.75) is 52.4 Å². The van der Waals surface area contributed by atoms with Crippen LogP contribution in [0.25, 0.3) is 0 Å². The van der Waals surface area contributed by atoms with E-state index in [-0.39, 0.29) is 29.4 Å². The maximum atomic E-state index is 12.6. The Morgan fingerprint density at radius 1 is 1.20 bits per heavy atom. The number of aryl methyl sites for hydroxylation is 1. The monoisotopic (exact) mass is 344 g/mol. The summed E-state index contributed by atoms with van der Waals surface area (Å²) in [6, 6.07) is 8.18. The summed E-state index contributed by atoms with van der Waals surface area (Å²) < 4.78 is 5.91. The molecule has 0 radical (unpaired) electrons. The smallest absolute Gasteiger partial charge is 0.228 e. The molecule has 2 amide bonds. The highest BCUT2D eigenvalue weighted by Gasteiger charge is 2.43. The van der Waals surface area contributed by atoms with Gasteiger partial charge in [-0.05, 0) is 38.8 Å². The van der Waals surface area contributed by atoms with E-state index < -0.39 is 0 Å². The Morgan fingerprint density at radius 3 is 2.48 bits per heavy atom. The van der Waals surface area contributed by atoms with Crippen LogP contribution in [0.5, 0.6) is 0 Å². The lowest BCUT2D eigenvalue weighted by atomic mass is 10.0. The molecule has 1 aromatic carbocycles. The number of rotatable bonds is 4. The summed E-state index contributed by atoms with van der Waals surface area (Å²) in [6.07, 6.45) is 0.431. The van der Waals surface area contributed by atoms with Crippen molar-refractivity contribution < 1.29 is 14.3 Å². The highest BCUT2D eigenvalue weighted by molar-refractivity contribution is 5.90.